The van der Waals surface area contributed by atoms with Crippen LogP contribution in [0.2, 0.25) is 0 Å². The van der Waals surface area contributed by atoms with E-state index in [9.17, 15) is 13.5 Å². The van der Waals surface area contributed by atoms with Crippen molar-refractivity contribution in [2.24, 2.45) is 0 Å². The molecule has 2 rings (SSSR count). The molecule has 3 nitrogen and oxygen atoms in total. The van der Waals surface area contributed by atoms with Gasteiger partial charge in [0.25, 0.3) is 0 Å². The summed E-state index contributed by atoms with van der Waals surface area (Å²) in [5, 5.41) is 9.22. The van der Waals surface area contributed by atoms with Crippen molar-refractivity contribution in [3.8, 4) is 0 Å². The molecule has 15 heavy (non-hydrogen) atoms. The molecule has 0 saturated heterocycles. The molecular weight excluding hydrogens is 212 g/mol. The molecule has 0 aromatic heterocycles. The van der Waals surface area contributed by atoms with Gasteiger partial charge in [-0.15, -0.1) is 0 Å². The van der Waals surface area contributed by atoms with Crippen molar-refractivity contribution in [3.63, 3.8) is 0 Å². The van der Waals surface area contributed by atoms with E-state index in [1.165, 1.54) is 6.26 Å². The Morgan fingerprint density at radius 3 is 2.13 bits per heavy atom. The van der Waals surface area contributed by atoms with Gasteiger partial charge in [0.15, 0.2) is 9.84 Å². The van der Waals surface area contributed by atoms with E-state index in [1.807, 2.05) is 0 Å². The molecule has 1 aliphatic rings. The van der Waals surface area contributed by atoms with Crippen molar-refractivity contribution in [1.82, 2.24) is 0 Å². The summed E-state index contributed by atoms with van der Waals surface area (Å²) in [4.78, 5) is 0.333. The first-order valence-electron chi connectivity index (χ1n) is 4.89. The molecule has 0 amide bonds. The molecule has 1 N–H and O–H groups in total. The summed E-state index contributed by atoms with van der Waals surface area (Å²) < 4.78 is 22.5. The average Bonchev–Trinajstić information content (AvgIpc) is 2.97. The minimum atomic E-state index is -3.11. The summed E-state index contributed by atoms with van der Waals surface area (Å²) in [5.41, 5.74) is 0.952. The zero-order valence-electron chi connectivity index (χ0n) is 8.60. The second-order valence-electron chi connectivity index (χ2n) is 4.23. The predicted molar refractivity (Wildman–Crippen MR) is 57.5 cm³/mol. The van der Waals surface area contributed by atoms with Crippen LogP contribution in [-0.4, -0.2) is 26.4 Å². The topological polar surface area (TPSA) is 54.4 Å². The van der Waals surface area contributed by atoms with E-state index in [0.717, 1.165) is 18.4 Å². The van der Waals surface area contributed by atoms with E-state index in [4.69, 9.17) is 0 Å². The number of benzene rings is 1. The molecule has 0 spiro atoms. The SMILES string of the molecule is CS(=O)(=O)c1ccc(C2(CO)CC2)cc1. The van der Waals surface area contributed by atoms with Crippen molar-refractivity contribution in [2.45, 2.75) is 23.2 Å². The van der Waals surface area contributed by atoms with Crippen LogP contribution in [0.3, 0.4) is 0 Å². The number of aliphatic hydroxyl groups excluding tert-OH is 1. The lowest BCUT2D eigenvalue weighted by molar-refractivity contribution is 0.255. The van der Waals surface area contributed by atoms with E-state index in [0.29, 0.717) is 4.90 Å². The van der Waals surface area contributed by atoms with E-state index in [-0.39, 0.29) is 12.0 Å². The maximum absolute atomic E-state index is 11.2. The highest BCUT2D eigenvalue weighted by Crippen LogP contribution is 2.47. The van der Waals surface area contributed by atoms with Gasteiger partial charge >= 0.3 is 0 Å². The Kier molecular flexibility index (Phi) is 2.35. The van der Waals surface area contributed by atoms with Gasteiger partial charge in [-0.2, -0.15) is 0 Å². The van der Waals surface area contributed by atoms with Crippen molar-refractivity contribution in [2.75, 3.05) is 12.9 Å². The zero-order chi connectivity index (χ0) is 11.1. The second kappa shape index (κ2) is 3.32. The summed E-state index contributed by atoms with van der Waals surface area (Å²) in [6.45, 7) is 0.144. The monoisotopic (exact) mass is 226 g/mol. The summed E-state index contributed by atoms with van der Waals surface area (Å²) in [6.07, 6.45) is 3.17. The molecule has 82 valence electrons. The molecular formula is C11H14O3S. The van der Waals surface area contributed by atoms with Crippen molar-refractivity contribution in [3.05, 3.63) is 29.8 Å². The third-order valence-corrected chi connectivity index (χ3v) is 4.18. The number of hydrogen-bond donors (Lipinski definition) is 1. The third kappa shape index (κ3) is 1.92. The molecule has 0 unspecified atom stereocenters. The fourth-order valence-corrected chi connectivity index (χ4v) is 2.38. The maximum atomic E-state index is 11.2. The molecule has 0 atom stereocenters. The third-order valence-electron chi connectivity index (χ3n) is 3.05. The maximum Gasteiger partial charge on any atom is 0.175 e. The second-order valence-corrected chi connectivity index (χ2v) is 6.25. The first kappa shape index (κ1) is 10.6. The quantitative estimate of drug-likeness (QED) is 0.840. The van der Waals surface area contributed by atoms with Gasteiger partial charge in [0.05, 0.1) is 11.5 Å². The van der Waals surface area contributed by atoms with Crippen LogP contribution < -0.4 is 0 Å². The van der Waals surface area contributed by atoms with E-state index >= 15 is 0 Å². The van der Waals surface area contributed by atoms with Gasteiger partial charge < -0.3 is 5.11 Å². The lowest BCUT2D eigenvalue weighted by Crippen LogP contribution is -2.11. The van der Waals surface area contributed by atoms with Crippen LogP contribution in [0.1, 0.15) is 18.4 Å². The molecule has 1 aliphatic carbocycles. The number of sulfone groups is 1. The number of rotatable bonds is 3. The van der Waals surface area contributed by atoms with Gasteiger partial charge in [0, 0.05) is 11.7 Å². The summed E-state index contributed by atoms with van der Waals surface area (Å²) in [6, 6.07) is 6.83. The van der Waals surface area contributed by atoms with Crippen LogP contribution in [0, 0.1) is 0 Å². The highest BCUT2D eigenvalue weighted by atomic mass is 32.2. The lowest BCUT2D eigenvalue weighted by atomic mass is 9.97. The van der Waals surface area contributed by atoms with Crippen LogP contribution in [-0.2, 0) is 15.3 Å². The van der Waals surface area contributed by atoms with Crippen LogP contribution in [0.4, 0.5) is 0 Å². The highest BCUT2D eigenvalue weighted by Gasteiger charge is 2.43. The molecule has 0 radical (unpaired) electrons. The van der Waals surface area contributed by atoms with Crippen LogP contribution in [0.5, 0.6) is 0 Å². The Bertz CT molecular complexity index is 455. The highest BCUT2D eigenvalue weighted by molar-refractivity contribution is 7.90. The largest absolute Gasteiger partial charge is 0.395 e. The normalized spacial score (nSPS) is 18.8. The molecule has 4 heteroatoms. The average molecular weight is 226 g/mol. The first-order chi connectivity index (χ1) is 6.98. The molecule has 1 aromatic rings. The molecule has 1 saturated carbocycles. The van der Waals surface area contributed by atoms with Crippen molar-refractivity contribution in [1.29, 1.82) is 0 Å². The van der Waals surface area contributed by atoms with Crippen LogP contribution in [0.25, 0.3) is 0 Å². The molecule has 0 heterocycles. The summed E-state index contributed by atoms with van der Waals surface area (Å²) in [7, 11) is -3.11. The Morgan fingerprint density at radius 2 is 1.80 bits per heavy atom. The van der Waals surface area contributed by atoms with Gasteiger partial charge in [0.1, 0.15) is 0 Å². The van der Waals surface area contributed by atoms with Gasteiger partial charge in [-0.05, 0) is 30.5 Å². The van der Waals surface area contributed by atoms with E-state index in [2.05, 4.69) is 0 Å². The van der Waals surface area contributed by atoms with E-state index in [1.54, 1.807) is 24.3 Å². The van der Waals surface area contributed by atoms with Gasteiger partial charge in [-0.25, -0.2) is 8.42 Å². The predicted octanol–water partition coefficient (Wildman–Crippen LogP) is 1.11. The van der Waals surface area contributed by atoms with Crippen LogP contribution >= 0.6 is 0 Å². The Balaban J connectivity index is 2.33. The molecule has 1 aromatic carbocycles. The molecule has 0 bridgehead atoms. The lowest BCUT2D eigenvalue weighted by Gasteiger charge is -2.12. The van der Waals surface area contributed by atoms with E-state index < -0.39 is 9.84 Å². The Hall–Kier alpha value is -0.870. The van der Waals surface area contributed by atoms with Gasteiger partial charge in [-0.3, -0.25) is 0 Å². The smallest absolute Gasteiger partial charge is 0.175 e. The van der Waals surface area contributed by atoms with Crippen LogP contribution in [0.15, 0.2) is 29.2 Å². The number of hydrogen-bond acceptors (Lipinski definition) is 3. The Labute approximate surface area is 89.7 Å². The molecule has 1 fully saturated rings. The fourth-order valence-electron chi connectivity index (χ4n) is 1.74. The Morgan fingerprint density at radius 1 is 1.27 bits per heavy atom. The standard InChI is InChI=1S/C11H14O3S/c1-15(13,14)10-4-2-9(3-5-10)11(8-12)6-7-11/h2-5,12H,6-8H2,1H3. The number of aliphatic hydroxyl groups is 1. The van der Waals surface area contributed by atoms with Crippen molar-refractivity contribution >= 4 is 9.84 Å². The molecule has 0 aliphatic heterocycles. The van der Waals surface area contributed by atoms with Gasteiger partial charge in [0.2, 0.25) is 0 Å². The van der Waals surface area contributed by atoms with Gasteiger partial charge in [-0.1, -0.05) is 12.1 Å². The van der Waals surface area contributed by atoms with Crippen molar-refractivity contribution < 1.29 is 13.5 Å². The minimum Gasteiger partial charge on any atom is -0.395 e. The fraction of sp³-hybridized carbons (Fsp3) is 0.455. The zero-order valence-corrected chi connectivity index (χ0v) is 9.42. The summed E-state index contributed by atoms with van der Waals surface area (Å²) >= 11 is 0. The summed E-state index contributed by atoms with van der Waals surface area (Å²) in [5.74, 6) is 0. The first-order valence-corrected chi connectivity index (χ1v) is 6.79. The minimum absolute atomic E-state index is 0.0873.